The number of piperidine rings is 1. The number of aliphatic hydroxyl groups is 2. The second kappa shape index (κ2) is 5.96. The largest absolute Gasteiger partial charge is 0.393 e. The van der Waals surface area contributed by atoms with Crippen molar-refractivity contribution in [1.29, 1.82) is 5.26 Å². The highest BCUT2D eigenvalue weighted by atomic mass is 16.3. The summed E-state index contributed by atoms with van der Waals surface area (Å²) in [6.45, 7) is 2.24. The van der Waals surface area contributed by atoms with Gasteiger partial charge in [-0.2, -0.15) is 5.26 Å². The number of aliphatic hydroxyl groups excluding tert-OH is 2. The molecular weight excluding hydrogens is 228 g/mol. The zero-order chi connectivity index (χ0) is 13.0. The molecule has 18 heavy (non-hydrogen) atoms. The van der Waals surface area contributed by atoms with Gasteiger partial charge in [-0.3, -0.25) is 0 Å². The van der Waals surface area contributed by atoms with Crippen LogP contribution in [0, 0.1) is 11.3 Å². The lowest BCUT2D eigenvalue weighted by molar-refractivity contribution is 0.0508. The van der Waals surface area contributed by atoms with Crippen LogP contribution in [0.5, 0.6) is 0 Å². The number of nitrogens with zero attached hydrogens (tertiary/aromatic N) is 2. The Morgan fingerprint density at radius 1 is 1.28 bits per heavy atom. The molecular formula is C14H18N2O2. The highest BCUT2D eigenvalue weighted by molar-refractivity contribution is 5.32. The molecule has 1 unspecified atom stereocenters. The van der Waals surface area contributed by atoms with Gasteiger partial charge >= 0.3 is 0 Å². The topological polar surface area (TPSA) is 67.5 Å². The molecule has 1 aliphatic heterocycles. The van der Waals surface area contributed by atoms with Gasteiger partial charge in [-0.15, -0.1) is 0 Å². The van der Waals surface area contributed by atoms with E-state index in [1.165, 1.54) is 0 Å². The van der Waals surface area contributed by atoms with E-state index in [1.807, 2.05) is 0 Å². The third-order valence-electron chi connectivity index (χ3n) is 3.41. The van der Waals surface area contributed by atoms with Crippen LogP contribution < -0.4 is 0 Å². The van der Waals surface area contributed by atoms with E-state index in [0.29, 0.717) is 12.1 Å². The molecule has 1 aromatic rings. The highest BCUT2D eigenvalue weighted by Gasteiger charge is 2.19. The Labute approximate surface area is 107 Å². The van der Waals surface area contributed by atoms with Crippen LogP contribution in [0.2, 0.25) is 0 Å². The summed E-state index contributed by atoms with van der Waals surface area (Å²) in [5.41, 5.74) is 1.44. The van der Waals surface area contributed by atoms with Crippen LogP contribution in [-0.2, 0) is 0 Å². The van der Waals surface area contributed by atoms with Gasteiger partial charge in [-0.1, -0.05) is 12.1 Å². The third kappa shape index (κ3) is 3.30. The van der Waals surface area contributed by atoms with E-state index in [9.17, 15) is 10.2 Å². The predicted molar refractivity (Wildman–Crippen MR) is 67.8 cm³/mol. The van der Waals surface area contributed by atoms with Crippen molar-refractivity contribution in [1.82, 2.24) is 4.90 Å². The lowest BCUT2D eigenvalue weighted by Crippen LogP contribution is -2.38. The maximum atomic E-state index is 10.1. The molecule has 0 radical (unpaired) electrons. The van der Waals surface area contributed by atoms with E-state index < -0.39 is 6.10 Å². The fourth-order valence-corrected chi connectivity index (χ4v) is 2.23. The summed E-state index contributed by atoms with van der Waals surface area (Å²) in [7, 11) is 0. The molecule has 2 N–H and O–H groups in total. The molecule has 1 aliphatic rings. The molecule has 0 aromatic heterocycles. The van der Waals surface area contributed by atoms with E-state index >= 15 is 0 Å². The minimum Gasteiger partial charge on any atom is -0.393 e. The van der Waals surface area contributed by atoms with Crippen LogP contribution in [0.3, 0.4) is 0 Å². The van der Waals surface area contributed by atoms with Crippen LogP contribution in [-0.4, -0.2) is 40.9 Å². The normalized spacial score (nSPS) is 19.4. The fraction of sp³-hybridized carbons (Fsp3) is 0.500. The molecule has 1 atom stereocenters. The van der Waals surface area contributed by atoms with E-state index in [-0.39, 0.29) is 6.10 Å². The van der Waals surface area contributed by atoms with Crippen LogP contribution in [0.4, 0.5) is 0 Å². The van der Waals surface area contributed by atoms with Crippen molar-refractivity contribution >= 4 is 0 Å². The Hall–Kier alpha value is -1.41. The first kappa shape index (κ1) is 13.0. The zero-order valence-corrected chi connectivity index (χ0v) is 10.3. The minimum absolute atomic E-state index is 0.187. The number of β-amino-alcohol motifs (C(OH)–C–C–N with tert-alkyl or cyclic N) is 1. The van der Waals surface area contributed by atoms with E-state index in [0.717, 1.165) is 31.5 Å². The van der Waals surface area contributed by atoms with Gasteiger partial charge in [-0.25, -0.2) is 0 Å². The van der Waals surface area contributed by atoms with E-state index in [1.54, 1.807) is 24.3 Å². The summed E-state index contributed by atoms with van der Waals surface area (Å²) in [4.78, 5) is 2.16. The smallest absolute Gasteiger partial charge is 0.0991 e. The summed E-state index contributed by atoms with van der Waals surface area (Å²) < 4.78 is 0. The Balaban J connectivity index is 1.91. The minimum atomic E-state index is -0.534. The fourth-order valence-electron chi connectivity index (χ4n) is 2.23. The molecule has 0 spiro atoms. The third-order valence-corrected chi connectivity index (χ3v) is 3.41. The molecule has 1 heterocycles. The molecule has 1 saturated heterocycles. The lowest BCUT2D eigenvalue weighted by atomic mass is 10.0. The van der Waals surface area contributed by atoms with E-state index in [4.69, 9.17) is 5.26 Å². The van der Waals surface area contributed by atoms with Crippen molar-refractivity contribution in [2.75, 3.05) is 19.6 Å². The second-order valence-electron chi connectivity index (χ2n) is 4.78. The van der Waals surface area contributed by atoms with Crippen molar-refractivity contribution in [2.45, 2.75) is 25.0 Å². The van der Waals surface area contributed by atoms with Crippen molar-refractivity contribution in [3.8, 4) is 6.07 Å². The van der Waals surface area contributed by atoms with Crippen LogP contribution in [0.15, 0.2) is 24.3 Å². The van der Waals surface area contributed by atoms with E-state index in [2.05, 4.69) is 11.0 Å². The molecule has 4 nitrogen and oxygen atoms in total. The summed E-state index contributed by atoms with van der Waals surface area (Å²) in [5.74, 6) is 0. The number of hydrogen-bond donors (Lipinski definition) is 2. The van der Waals surface area contributed by atoms with Gasteiger partial charge in [0.1, 0.15) is 0 Å². The maximum Gasteiger partial charge on any atom is 0.0991 e. The number of nitriles is 1. The number of hydrogen-bond acceptors (Lipinski definition) is 4. The Bertz CT molecular complexity index is 416. The maximum absolute atomic E-state index is 10.1. The first-order valence-corrected chi connectivity index (χ1v) is 6.27. The van der Waals surface area contributed by atoms with Crippen molar-refractivity contribution in [2.24, 2.45) is 0 Å². The van der Waals surface area contributed by atoms with Gasteiger partial charge in [0.2, 0.25) is 0 Å². The van der Waals surface area contributed by atoms with Crippen molar-refractivity contribution in [3.63, 3.8) is 0 Å². The Kier molecular flexibility index (Phi) is 4.32. The Morgan fingerprint density at radius 3 is 2.44 bits per heavy atom. The van der Waals surface area contributed by atoms with Gasteiger partial charge in [0.25, 0.3) is 0 Å². The molecule has 96 valence electrons. The van der Waals surface area contributed by atoms with Gasteiger partial charge < -0.3 is 15.1 Å². The van der Waals surface area contributed by atoms with Gasteiger partial charge in [0, 0.05) is 19.6 Å². The molecule has 1 aromatic carbocycles. The standard InChI is InChI=1S/C14H18N2O2/c15-9-11-1-3-12(4-2-11)14(18)10-16-7-5-13(17)6-8-16/h1-4,13-14,17-18H,5-8,10H2. The SMILES string of the molecule is N#Cc1ccc(C(O)CN2CCC(O)CC2)cc1. The summed E-state index contributed by atoms with van der Waals surface area (Å²) in [5, 5.41) is 28.2. The lowest BCUT2D eigenvalue weighted by Gasteiger charge is -2.31. The monoisotopic (exact) mass is 246 g/mol. The number of likely N-dealkylation sites (tertiary alicyclic amines) is 1. The zero-order valence-electron chi connectivity index (χ0n) is 10.3. The second-order valence-corrected chi connectivity index (χ2v) is 4.78. The molecule has 1 fully saturated rings. The van der Waals surface area contributed by atoms with Crippen LogP contribution >= 0.6 is 0 Å². The molecule has 0 saturated carbocycles. The van der Waals surface area contributed by atoms with Crippen molar-refractivity contribution < 1.29 is 10.2 Å². The molecule has 0 aliphatic carbocycles. The summed E-state index contributed by atoms with van der Waals surface area (Å²) in [6.07, 6.45) is 0.835. The molecule has 4 heteroatoms. The quantitative estimate of drug-likeness (QED) is 0.836. The van der Waals surface area contributed by atoms with Crippen molar-refractivity contribution in [3.05, 3.63) is 35.4 Å². The molecule has 0 bridgehead atoms. The highest BCUT2D eigenvalue weighted by Crippen LogP contribution is 2.18. The number of benzene rings is 1. The number of rotatable bonds is 3. The molecule has 0 amide bonds. The summed E-state index contributed by atoms with van der Waals surface area (Å²) in [6, 6.07) is 9.09. The first-order chi connectivity index (χ1) is 8.69. The average molecular weight is 246 g/mol. The van der Waals surface area contributed by atoms with Crippen LogP contribution in [0.25, 0.3) is 0 Å². The summed E-state index contributed by atoms with van der Waals surface area (Å²) >= 11 is 0. The van der Waals surface area contributed by atoms with Gasteiger partial charge in [0.05, 0.1) is 23.8 Å². The Morgan fingerprint density at radius 2 is 1.89 bits per heavy atom. The van der Waals surface area contributed by atoms with Gasteiger partial charge in [0.15, 0.2) is 0 Å². The first-order valence-electron chi connectivity index (χ1n) is 6.27. The van der Waals surface area contributed by atoms with Crippen LogP contribution in [0.1, 0.15) is 30.1 Å². The van der Waals surface area contributed by atoms with Gasteiger partial charge in [-0.05, 0) is 30.5 Å². The average Bonchev–Trinajstić information content (AvgIpc) is 2.41. The molecule has 2 rings (SSSR count). The predicted octanol–water partition coefficient (Wildman–Crippen LogP) is 1.05.